The molecular formula is C14H15F3O3. The minimum Gasteiger partial charge on any atom is -0.481 e. The molecule has 0 fully saturated rings. The molecule has 1 aromatic rings. The molecule has 110 valence electrons. The first-order valence-electron chi connectivity index (χ1n) is 6.29. The number of benzene rings is 1. The zero-order valence-corrected chi connectivity index (χ0v) is 11.1. The lowest BCUT2D eigenvalue weighted by molar-refractivity contribution is -0.217. The number of rotatable bonds is 2. The summed E-state index contributed by atoms with van der Waals surface area (Å²) in [6.45, 7) is 3.84. The van der Waals surface area contributed by atoms with Crippen LogP contribution in [0.15, 0.2) is 18.2 Å². The summed E-state index contributed by atoms with van der Waals surface area (Å²) in [6.07, 6.45) is -7.17. The van der Waals surface area contributed by atoms with Crippen LogP contribution in [0.3, 0.4) is 0 Å². The standard InChI is InChI=1S/C14H15F3O3/c1-7(2)8-3-4-9-5-10(13(18)19)12(14(15,16)17)20-11(9)6-8/h3-4,6-7,10,12H,5H2,1-2H3,(H,18,19)/t10-,12+/m1/s1. The summed E-state index contributed by atoms with van der Waals surface area (Å²) in [5.41, 5.74) is 1.36. The van der Waals surface area contributed by atoms with Gasteiger partial charge in [0.1, 0.15) is 11.7 Å². The van der Waals surface area contributed by atoms with E-state index in [1.807, 2.05) is 13.8 Å². The first kappa shape index (κ1) is 14.7. The largest absolute Gasteiger partial charge is 0.481 e. The van der Waals surface area contributed by atoms with Crippen LogP contribution in [0, 0.1) is 5.92 Å². The molecular weight excluding hydrogens is 273 g/mol. The van der Waals surface area contributed by atoms with Crippen LogP contribution in [0.4, 0.5) is 13.2 Å². The van der Waals surface area contributed by atoms with Crippen LogP contribution < -0.4 is 4.74 Å². The van der Waals surface area contributed by atoms with E-state index in [1.165, 1.54) is 0 Å². The Labute approximate surface area is 114 Å². The molecule has 0 unspecified atom stereocenters. The van der Waals surface area contributed by atoms with Crippen LogP contribution in [0.2, 0.25) is 0 Å². The predicted octanol–water partition coefficient (Wildman–Crippen LogP) is 3.38. The number of carboxylic acids is 1. The monoisotopic (exact) mass is 288 g/mol. The smallest absolute Gasteiger partial charge is 0.426 e. The van der Waals surface area contributed by atoms with E-state index in [2.05, 4.69) is 0 Å². The van der Waals surface area contributed by atoms with E-state index < -0.39 is 24.2 Å². The van der Waals surface area contributed by atoms with Crippen LogP contribution in [-0.4, -0.2) is 23.4 Å². The summed E-state index contributed by atoms with van der Waals surface area (Å²) < 4.78 is 43.7. The topological polar surface area (TPSA) is 46.5 Å². The van der Waals surface area contributed by atoms with E-state index in [9.17, 15) is 18.0 Å². The molecule has 0 saturated carbocycles. The number of carboxylic acid groups (broad SMARTS) is 1. The van der Waals surface area contributed by atoms with Crippen molar-refractivity contribution >= 4 is 5.97 Å². The number of hydrogen-bond donors (Lipinski definition) is 1. The van der Waals surface area contributed by atoms with Gasteiger partial charge in [-0.1, -0.05) is 26.0 Å². The summed E-state index contributed by atoms with van der Waals surface area (Å²) in [7, 11) is 0. The highest BCUT2D eigenvalue weighted by Gasteiger charge is 2.52. The van der Waals surface area contributed by atoms with E-state index >= 15 is 0 Å². The Bertz CT molecular complexity index is 523. The first-order chi connectivity index (χ1) is 9.20. The summed E-state index contributed by atoms with van der Waals surface area (Å²) >= 11 is 0. The zero-order chi connectivity index (χ0) is 15.1. The average molecular weight is 288 g/mol. The highest BCUT2D eigenvalue weighted by molar-refractivity contribution is 5.72. The van der Waals surface area contributed by atoms with E-state index in [0.29, 0.717) is 5.56 Å². The van der Waals surface area contributed by atoms with Crippen molar-refractivity contribution in [2.24, 2.45) is 5.92 Å². The van der Waals surface area contributed by atoms with Crippen LogP contribution in [0.25, 0.3) is 0 Å². The van der Waals surface area contributed by atoms with Crippen molar-refractivity contribution in [3.63, 3.8) is 0 Å². The van der Waals surface area contributed by atoms with Crippen LogP contribution in [-0.2, 0) is 11.2 Å². The van der Waals surface area contributed by atoms with Gasteiger partial charge in [0.05, 0.1) is 0 Å². The van der Waals surface area contributed by atoms with Gasteiger partial charge in [0, 0.05) is 0 Å². The van der Waals surface area contributed by atoms with Gasteiger partial charge in [0.25, 0.3) is 0 Å². The van der Waals surface area contributed by atoms with E-state index in [4.69, 9.17) is 9.84 Å². The van der Waals surface area contributed by atoms with Crippen molar-refractivity contribution in [1.29, 1.82) is 0 Å². The highest BCUT2D eigenvalue weighted by Crippen LogP contribution is 2.39. The molecule has 0 aromatic heterocycles. The van der Waals surface area contributed by atoms with Crippen LogP contribution in [0.1, 0.15) is 30.9 Å². The Hall–Kier alpha value is -1.72. The molecule has 1 aliphatic rings. The second kappa shape index (κ2) is 5.00. The van der Waals surface area contributed by atoms with Gasteiger partial charge in [-0.15, -0.1) is 0 Å². The van der Waals surface area contributed by atoms with Crippen LogP contribution >= 0.6 is 0 Å². The first-order valence-corrected chi connectivity index (χ1v) is 6.29. The summed E-state index contributed by atoms with van der Waals surface area (Å²) in [6, 6.07) is 5.00. The minimum atomic E-state index is -4.70. The SMILES string of the molecule is CC(C)c1ccc2c(c1)O[C@H](C(F)(F)F)[C@H](C(=O)O)C2. The van der Waals surface area contributed by atoms with Gasteiger partial charge in [-0.05, 0) is 29.5 Å². The molecule has 0 amide bonds. The Kier molecular flexibility index (Phi) is 3.67. The van der Waals surface area contributed by atoms with Crippen molar-refractivity contribution < 1.29 is 27.8 Å². The van der Waals surface area contributed by atoms with Crippen molar-refractivity contribution in [1.82, 2.24) is 0 Å². The molecule has 0 spiro atoms. The Morgan fingerprint density at radius 3 is 2.55 bits per heavy atom. The maximum absolute atomic E-state index is 12.9. The minimum absolute atomic E-state index is 0.135. The predicted molar refractivity (Wildman–Crippen MR) is 65.8 cm³/mol. The number of alkyl halides is 3. The number of hydrogen-bond acceptors (Lipinski definition) is 2. The third-order valence-corrected chi connectivity index (χ3v) is 3.46. The Balaban J connectivity index is 2.40. The number of fused-ring (bicyclic) bond motifs is 1. The zero-order valence-electron chi connectivity index (χ0n) is 11.1. The Morgan fingerprint density at radius 2 is 2.05 bits per heavy atom. The molecule has 6 heteroatoms. The average Bonchev–Trinajstić information content (AvgIpc) is 2.35. The quantitative estimate of drug-likeness (QED) is 0.907. The third-order valence-electron chi connectivity index (χ3n) is 3.46. The molecule has 1 heterocycles. The van der Waals surface area contributed by atoms with Gasteiger partial charge in [-0.25, -0.2) is 0 Å². The second-order valence-corrected chi connectivity index (χ2v) is 5.25. The molecule has 1 aliphatic heterocycles. The Morgan fingerprint density at radius 1 is 1.40 bits per heavy atom. The van der Waals surface area contributed by atoms with Crippen molar-refractivity contribution in [3.8, 4) is 5.75 Å². The fraction of sp³-hybridized carbons (Fsp3) is 0.500. The van der Waals surface area contributed by atoms with Gasteiger partial charge in [-0.3, -0.25) is 4.79 Å². The van der Waals surface area contributed by atoms with Crippen molar-refractivity contribution in [2.45, 2.75) is 38.5 Å². The van der Waals surface area contributed by atoms with Gasteiger partial charge in [0.2, 0.25) is 6.10 Å². The summed E-state index contributed by atoms with van der Waals surface area (Å²) in [5.74, 6) is -2.81. The number of ether oxygens (including phenoxy) is 1. The van der Waals surface area contributed by atoms with E-state index in [1.54, 1.807) is 18.2 Å². The normalized spacial score (nSPS) is 22.3. The summed E-state index contributed by atoms with van der Waals surface area (Å²) in [5, 5.41) is 8.96. The number of carbonyl (C=O) groups is 1. The van der Waals surface area contributed by atoms with Gasteiger partial charge in [0.15, 0.2) is 0 Å². The van der Waals surface area contributed by atoms with Gasteiger partial charge in [-0.2, -0.15) is 13.2 Å². The van der Waals surface area contributed by atoms with E-state index in [0.717, 1.165) is 5.56 Å². The van der Waals surface area contributed by atoms with E-state index in [-0.39, 0.29) is 18.1 Å². The molecule has 0 aliphatic carbocycles. The maximum Gasteiger partial charge on any atom is 0.426 e. The fourth-order valence-corrected chi connectivity index (χ4v) is 2.28. The molecule has 0 saturated heterocycles. The number of aliphatic carboxylic acids is 1. The van der Waals surface area contributed by atoms with Crippen molar-refractivity contribution in [2.75, 3.05) is 0 Å². The molecule has 0 bridgehead atoms. The number of halogens is 3. The fourth-order valence-electron chi connectivity index (χ4n) is 2.28. The van der Waals surface area contributed by atoms with Crippen molar-refractivity contribution in [3.05, 3.63) is 29.3 Å². The molecule has 3 nitrogen and oxygen atoms in total. The van der Waals surface area contributed by atoms with Crippen LogP contribution in [0.5, 0.6) is 5.75 Å². The van der Waals surface area contributed by atoms with Gasteiger partial charge < -0.3 is 9.84 Å². The highest BCUT2D eigenvalue weighted by atomic mass is 19.4. The lowest BCUT2D eigenvalue weighted by Crippen LogP contribution is -2.47. The molecule has 1 aromatic carbocycles. The third kappa shape index (κ3) is 2.73. The molecule has 20 heavy (non-hydrogen) atoms. The van der Waals surface area contributed by atoms with Gasteiger partial charge >= 0.3 is 12.1 Å². The summed E-state index contributed by atoms with van der Waals surface area (Å²) in [4.78, 5) is 11.0. The maximum atomic E-state index is 12.9. The molecule has 2 atom stereocenters. The molecule has 0 radical (unpaired) electrons. The lowest BCUT2D eigenvalue weighted by Gasteiger charge is -2.32. The second-order valence-electron chi connectivity index (χ2n) is 5.25. The molecule has 2 rings (SSSR count). The lowest BCUT2D eigenvalue weighted by atomic mass is 9.88. The molecule has 1 N–H and O–H groups in total.